The van der Waals surface area contributed by atoms with Gasteiger partial charge in [-0.05, 0) is 36.5 Å². The second-order valence-corrected chi connectivity index (χ2v) is 5.00. The highest BCUT2D eigenvalue weighted by Gasteiger charge is 2.29. The van der Waals surface area contributed by atoms with Crippen LogP contribution in [0.25, 0.3) is 0 Å². The first-order valence-corrected chi connectivity index (χ1v) is 5.93. The maximum Gasteiger partial charge on any atom is 0.140 e. The third-order valence-electron chi connectivity index (χ3n) is 3.25. The summed E-state index contributed by atoms with van der Waals surface area (Å²) in [6, 6.07) is 4.56. The molecule has 0 amide bonds. The van der Waals surface area contributed by atoms with Gasteiger partial charge in [0.15, 0.2) is 0 Å². The minimum atomic E-state index is -0.361. The van der Waals surface area contributed by atoms with Crippen LogP contribution >= 0.6 is 11.6 Å². The maximum absolute atomic E-state index is 13.7. The van der Waals surface area contributed by atoms with Crippen molar-refractivity contribution in [3.8, 4) is 0 Å². The molecule has 1 fully saturated rings. The Labute approximate surface area is 99.6 Å². The Balaban J connectivity index is 2.31. The zero-order chi connectivity index (χ0) is 11.7. The summed E-state index contributed by atoms with van der Waals surface area (Å²) in [7, 11) is 0. The summed E-state index contributed by atoms with van der Waals surface area (Å²) in [5.41, 5.74) is 0.501. The number of hydrogen-bond donors (Lipinski definition) is 0. The fourth-order valence-electron chi connectivity index (χ4n) is 2.30. The average Bonchev–Trinajstić information content (AvgIpc) is 2.22. The van der Waals surface area contributed by atoms with Gasteiger partial charge >= 0.3 is 0 Å². The van der Waals surface area contributed by atoms with Gasteiger partial charge in [-0.1, -0.05) is 24.6 Å². The van der Waals surface area contributed by atoms with Crippen LogP contribution in [0.15, 0.2) is 18.2 Å². The molecule has 2 unspecified atom stereocenters. The molecule has 1 aliphatic rings. The first kappa shape index (κ1) is 11.6. The number of carbonyl (C=O) groups is 1. The van der Waals surface area contributed by atoms with E-state index in [1.54, 1.807) is 12.1 Å². The number of rotatable bonds is 1. The van der Waals surface area contributed by atoms with E-state index in [1.165, 1.54) is 6.07 Å². The molecule has 1 saturated carbocycles. The molecule has 0 saturated heterocycles. The van der Waals surface area contributed by atoms with Crippen molar-refractivity contribution in [1.82, 2.24) is 0 Å². The van der Waals surface area contributed by atoms with Gasteiger partial charge in [-0.15, -0.1) is 0 Å². The molecule has 0 radical (unpaired) electrons. The zero-order valence-corrected chi connectivity index (χ0v) is 9.93. The van der Waals surface area contributed by atoms with Gasteiger partial charge in [0, 0.05) is 17.4 Å². The van der Waals surface area contributed by atoms with E-state index in [4.69, 9.17) is 11.6 Å². The van der Waals surface area contributed by atoms with Crippen LogP contribution in [0.5, 0.6) is 0 Å². The van der Waals surface area contributed by atoms with Crippen LogP contribution in [0.2, 0.25) is 5.02 Å². The van der Waals surface area contributed by atoms with E-state index in [2.05, 4.69) is 6.92 Å². The third-order valence-corrected chi connectivity index (χ3v) is 3.48. The van der Waals surface area contributed by atoms with Crippen LogP contribution in [-0.4, -0.2) is 5.78 Å². The highest BCUT2D eigenvalue weighted by Crippen LogP contribution is 2.35. The Hall–Kier alpha value is -0.890. The molecule has 1 aromatic carbocycles. The molecule has 16 heavy (non-hydrogen) atoms. The van der Waals surface area contributed by atoms with Gasteiger partial charge in [0.2, 0.25) is 0 Å². The van der Waals surface area contributed by atoms with Crippen molar-refractivity contribution in [2.75, 3.05) is 0 Å². The lowest BCUT2D eigenvalue weighted by Gasteiger charge is -2.26. The van der Waals surface area contributed by atoms with Crippen molar-refractivity contribution >= 4 is 17.4 Å². The molecule has 2 rings (SSSR count). The van der Waals surface area contributed by atoms with E-state index in [0.717, 1.165) is 12.8 Å². The summed E-state index contributed by atoms with van der Waals surface area (Å²) in [5, 5.41) is 0.373. The molecule has 86 valence electrons. The Kier molecular flexibility index (Phi) is 3.29. The van der Waals surface area contributed by atoms with Crippen LogP contribution in [0, 0.1) is 11.7 Å². The predicted octanol–water partition coefficient (Wildman–Crippen LogP) is 3.95. The lowest BCUT2D eigenvalue weighted by atomic mass is 9.78. The quantitative estimate of drug-likeness (QED) is 0.726. The second-order valence-electron chi connectivity index (χ2n) is 4.56. The summed E-state index contributed by atoms with van der Waals surface area (Å²) >= 11 is 5.70. The molecule has 2 atom stereocenters. The first-order chi connectivity index (χ1) is 7.58. The molecule has 0 N–H and O–H groups in total. The Bertz CT molecular complexity index is 416. The van der Waals surface area contributed by atoms with E-state index >= 15 is 0 Å². The third kappa shape index (κ3) is 2.27. The van der Waals surface area contributed by atoms with Gasteiger partial charge < -0.3 is 0 Å². The molecule has 1 aromatic rings. The average molecular weight is 241 g/mol. The van der Waals surface area contributed by atoms with Crippen LogP contribution in [0.4, 0.5) is 4.39 Å². The van der Waals surface area contributed by atoms with Gasteiger partial charge in [0.05, 0.1) is 0 Å². The largest absolute Gasteiger partial charge is 0.299 e. The van der Waals surface area contributed by atoms with Crippen LogP contribution < -0.4 is 0 Å². The van der Waals surface area contributed by atoms with Crippen molar-refractivity contribution < 1.29 is 9.18 Å². The molecule has 1 aliphatic carbocycles. The summed E-state index contributed by atoms with van der Waals surface area (Å²) in [4.78, 5) is 11.8. The van der Waals surface area contributed by atoms with Crippen molar-refractivity contribution in [3.05, 3.63) is 34.6 Å². The van der Waals surface area contributed by atoms with E-state index in [-0.39, 0.29) is 17.5 Å². The molecule has 1 nitrogen and oxygen atoms in total. The standard InChI is InChI=1S/C13H14ClFO/c1-8-2-5-13(16)11(6-8)10-4-3-9(14)7-12(10)15/h3-4,7-8,11H,2,5-6H2,1H3. The number of benzene rings is 1. The number of carbonyl (C=O) groups excluding carboxylic acids is 1. The minimum Gasteiger partial charge on any atom is -0.299 e. The molecule has 0 bridgehead atoms. The van der Waals surface area contributed by atoms with E-state index in [9.17, 15) is 9.18 Å². The van der Waals surface area contributed by atoms with E-state index < -0.39 is 0 Å². The zero-order valence-electron chi connectivity index (χ0n) is 9.17. The van der Waals surface area contributed by atoms with Crippen molar-refractivity contribution in [1.29, 1.82) is 0 Å². The minimum absolute atomic E-state index is 0.152. The number of halogens is 2. The molecular formula is C13H14ClFO. The van der Waals surface area contributed by atoms with Crippen LogP contribution in [0.1, 0.15) is 37.7 Å². The Morgan fingerprint density at radius 3 is 2.88 bits per heavy atom. The van der Waals surface area contributed by atoms with E-state index in [1.807, 2.05) is 0 Å². The van der Waals surface area contributed by atoms with Gasteiger partial charge in [0.25, 0.3) is 0 Å². The number of hydrogen-bond acceptors (Lipinski definition) is 1. The smallest absolute Gasteiger partial charge is 0.140 e. The van der Waals surface area contributed by atoms with Crippen LogP contribution in [0.3, 0.4) is 0 Å². The highest BCUT2D eigenvalue weighted by molar-refractivity contribution is 6.30. The number of Topliss-reactive ketones (excluding diaryl/α,β-unsaturated/α-hetero) is 1. The molecular weight excluding hydrogens is 227 g/mol. The monoisotopic (exact) mass is 240 g/mol. The lowest BCUT2D eigenvalue weighted by Crippen LogP contribution is -2.22. The molecule has 0 spiro atoms. The molecule has 3 heteroatoms. The van der Waals surface area contributed by atoms with Crippen molar-refractivity contribution in [3.63, 3.8) is 0 Å². The SMILES string of the molecule is CC1CCC(=O)C(c2ccc(Cl)cc2F)C1. The predicted molar refractivity (Wildman–Crippen MR) is 62.2 cm³/mol. The maximum atomic E-state index is 13.7. The van der Waals surface area contributed by atoms with Crippen molar-refractivity contribution in [2.24, 2.45) is 5.92 Å². The second kappa shape index (κ2) is 4.54. The summed E-state index contributed by atoms with van der Waals surface area (Å²) in [5.74, 6) is -0.00179. The molecule has 0 heterocycles. The van der Waals surface area contributed by atoms with Gasteiger partial charge in [-0.25, -0.2) is 4.39 Å². The number of ketones is 1. The fourth-order valence-corrected chi connectivity index (χ4v) is 2.46. The van der Waals surface area contributed by atoms with Gasteiger partial charge in [-0.2, -0.15) is 0 Å². The fraction of sp³-hybridized carbons (Fsp3) is 0.462. The van der Waals surface area contributed by atoms with Gasteiger partial charge in [0.1, 0.15) is 11.6 Å². The molecule has 0 aromatic heterocycles. The summed E-state index contributed by atoms with van der Waals surface area (Å²) < 4.78 is 13.7. The Morgan fingerprint density at radius 2 is 2.19 bits per heavy atom. The summed E-state index contributed by atoms with van der Waals surface area (Å²) in [6.45, 7) is 2.10. The molecule has 0 aliphatic heterocycles. The lowest BCUT2D eigenvalue weighted by molar-refractivity contribution is -0.122. The first-order valence-electron chi connectivity index (χ1n) is 5.55. The topological polar surface area (TPSA) is 17.1 Å². The van der Waals surface area contributed by atoms with Crippen molar-refractivity contribution in [2.45, 2.75) is 32.1 Å². The highest BCUT2D eigenvalue weighted by atomic mass is 35.5. The Morgan fingerprint density at radius 1 is 1.44 bits per heavy atom. The normalized spacial score (nSPS) is 25.8. The van der Waals surface area contributed by atoms with E-state index in [0.29, 0.717) is 22.9 Å². The summed E-state index contributed by atoms with van der Waals surface area (Å²) in [6.07, 6.45) is 2.23. The van der Waals surface area contributed by atoms with Gasteiger partial charge in [-0.3, -0.25) is 4.79 Å². The van der Waals surface area contributed by atoms with Crippen LogP contribution in [-0.2, 0) is 4.79 Å².